The topological polar surface area (TPSA) is 68.3 Å². The van der Waals surface area contributed by atoms with Crippen molar-refractivity contribution in [1.29, 1.82) is 0 Å². The summed E-state index contributed by atoms with van der Waals surface area (Å²) >= 11 is 0. The highest BCUT2D eigenvalue weighted by Crippen LogP contribution is 2.18. The van der Waals surface area contributed by atoms with E-state index in [0.717, 1.165) is 31.4 Å². The van der Waals surface area contributed by atoms with Crippen LogP contribution >= 0.6 is 0 Å². The monoisotopic (exact) mass is 222 g/mol. The molecule has 0 aromatic carbocycles. The predicted octanol–water partition coefficient (Wildman–Crippen LogP) is 1.45. The lowest BCUT2D eigenvalue weighted by Gasteiger charge is -2.16. The van der Waals surface area contributed by atoms with E-state index < -0.39 is 0 Å². The number of carbonyl (C=O) groups is 1. The highest BCUT2D eigenvalue weighted by atomic mass is 16.3. The minimum Gasteiger partial charge on any atom is -0.469 e. The maximum atomic E-state index is 12.0. The van der Waals surface area contributed by atoms with Crippen molar-refractivity contribution >= 4 is 5.91 Å². The minimum atomic E-state index is -0.0621. The van der Waals surface area contributed by atoms with E-state index in [9.17, 15) is 4.79 Å². The molecule has 4 nitrogen and oxygen atoms in total. The first-order valence-electron chi connectivity index (χ1n) is 5.85. The first-order valence-corrected chi connectivity index (χ1v) is 5.85. The van der Waals surface area contributed by atoms with E-state index in [2.05, 4.69) is 5.32 Å². The smallest absolute Gasteiger partial charge is 0.255 e. The molecular formula is C12H18N2O2. The van der Waals surface area contributed by atoms with Crippen LogP contribution in [0.1, 0.15) is 42.3 Å². The second-order valence-corrected chi connectivity index (χ2v) is 4.29. The van der Waals surface area contributed by atoms with Gasteiger partial charge in [-0.25, -0.2) is 0 Å². The van der Waals surface area contributed by atoms with E-state index in [0.29, 0.717) is 5.56 Å². The highest BCUT2D eigenvalue weighted by Gasteiger charge is 2.26. The van der Waals surface area contributed by atoms with E-state index in [1.807, 2.05) is 6.92 Å². The Morgan fingerprint density at radius 3 is 3.06 bits per heavy atom. The summed E-state index contributed by atoms with van der Waals surface area (Å²) in [4.78, 5) is 12.0. The van der Waals surface area contributed by atoms with Gasteiger partial charge < -0.3 is 15.5 Å². The maximum absolute atomic E-state index is 12.0. The van der Waals surface area contributed by atoms with Crippen molar-refractivity contribution < 1.29 is 9.21 Å². The first-order chi connectivity index (χ1) is 7.72. The second-order valence-electron chi connectivity index (χ2n) is 4.29. The highest BCUT2D eigenvalue weighted by molar-refractivity contribution is 5.95. The lowest BCUT2D eigenvalue weighted by atomic mass is 10.1. The number of rotatable bonds is 3. The molecule has 1 fully saturated rings. The van der Waals surface area contributed by atoms with Gasteiger partial charge in [0.15, 0.2) is 0 Å². The molecule has 3 N–H and O–H groups in total. The Bertz CT molecular complexity index is 373. The van der Waals surface area contributed by atoms with Crippen LogP contribution in [0, 0.1) is 0 Å². The van der Waals surface area contributed by atoms with Gasteiger partial charge in [-0.3, -0.25) is 4.79 Å². The normalized spacial score (nSPS) is 24.6. The molecule has 1 aromatic rings. The summed E-state index contributed by atoms with van der Waals surface area (Å²) < 4.78 is 5.23. The molecule has 2 rings (SSSR count). The summed E-state index contributed by atoms with van der Waals surface area (Å²) in [7, 11) is 0. The molecule has 0 spiro atoms. The van der Waals surface area contributed by atoms with Gasteiger partial charge in [0.2, 0.25) is 0 Å². The Kier molecular flexibility index (Phi) is 3.29. The fourth-order valence-corrected chi connectivity index (χ4v) is 2.23. The lowest BCUT2D eigenvalue weighted by Crippen LogP contribution is -2.44. The Balaban J connectivity index is 2.02. The van der Waals surface area contributed by atoms with Crippen LogP contribution in [0.15, 0.2) is 16.7 Å². The zero-order valence-corrected chi connectivity index (χ0v) is 9.53. The number of hydrogen-bond acceptors (Lipinski definition) is 3. The fourth-order valence-electron chi connectivity index (χ4n) is 2.23. The van der Waals surface area contributed by atoms with Crippen LogP contribution in [0.5, 0.6) is 0 Å². The van der Waals surface area contributed by atoms with Crippen molar-refractivity contribution in [2.75, 3.05) is 0 Å². The molecule has 1 saturated carbocycles. The van der Waals surface area contributed by atoms with Gasteiger partial charge in [-0.2, -0.15) is 0 Å². The molecule has 4 heteroatoms. The molecule has 1 aliphatic rings. The van der Waals surface area contributed by atoms with Gasteiger partial charge in [-0.05, 0) is 25.3 Å². The molecule has 0 bridgehead atoms. The van der Waals surface area contributed by atoms with Gasteiger partial charge in [0, 0.05) is 18.5 Å². The second kappa shape index (κ2) is 4.70. The van der Waals surface area contributed by atoms with Gasteiger partial charge >= 0.3 is 0 Å². The van der Waals surface area contributed by atoms with E-state index >= 15 is 0 Å². The molecule has 2 atom stereocenters. The summed E-state index contributed by atoms with van der Waals surface area (Å²) in [5.41, 5.74) is 6.55. The SMILES string of the molecule is CCc1occc1C(=O)NC1CCCC1N. The van der Waals surface area contributed by atoms with Crippen LogP contribution in [0.3, 0.4) is 0 Å². The number of amides is 1. The summed E-state index contributed by atoms with van der Waals surface area (Å²) in [5.74, 6) is 0.678. The number of hydrogen-bond donors (Lipinski definition) is 2. The van der Waals surface area contributed by atoms with Crippen LogP contribution in [0.4, 0.5) is 0 Å². The van der Waals surface area contributed by atoms with Crippen molar-refractivity contribution in [2.24, 2.45) is 5.73 Å². The van der Waals surface area contributed by atoms with Crippen molar-refractivity contribution in [3.8, 4) is 0 Å². The third-order valence-electron chi connectivity index (χ3n) is 3.20. The average Bonchev–Trinajstić information content (AvgIpc) is 2.87. The number of aryl methyl sites for hydroxylation is 1. The van der Waals surface area contributed by atoms with Crippen LogP contribution in [0.25, 0.3) is 0 Å². The van der Waals surface area contributed by atoms with Crippen LogP contribution in [-0.2, 0) is 6.42 Å². The zero-order valence-electron chi connectivity index (χ0n) is 9.53. The molecule has 1 aliphatic carbocycles. The third kappa shape index (κ3) is 2.11. The molecule has 1 aromatic heterocycles. The van der Waals surface area contributed by atoms with Gasteiger partial charge in [0.1, 0.15) is 5.76 Å². The van der Waals surface area contributed by atoms with E-state index in [4.69, 9.17) is 10.2 Å². The quantitative estimate of drug-likeness (QED) is 0.813. The van der Waals surface area contributed by atoms with Gasteiger partial charge in [0.25, 0.3) is 5.91 Å². The molecule has 2 unspecified atom stereocenters. The predicted molar refractivity (Wildman–Crippen MR) is 61.2 cm³/mol. The first kappa shape index (κ1) is 11.2. The van der Waals surface area contributed by atoms with E-state index in [1.54, 1.807) is 12.3 Å². The molecular weight excluding hydrogens is 204 g/mol. The summed E-state index contributed by atoms with van der Waals surface area (Å²) in [6, 6.07) is 1.93. The average molecular weight is 222 g/mol. The molecule has 88 valence electrons. The molecule has 0 saturated heterocycles. The molecule has 0 aliphatic heterocycles. The van der Waals surface area contributed by atoms with Crippen LogP contribution in [-0.4, -0.2) is 18.0 Å². The molecule has 1 heterocycles. The number of carbonyl (C=O) groups excluding carboxylic acids is 1. The fraction of sp³-hybridized carbons (Fsp3) is 0.583. The Labute approximate surface area is 95.2 Å². The van der Waals surface area contributed by atoms with Gasteiger partial charge in [-0.1, -0.05) is 6.92 Å². The Morgan fingerprint density at radius 2 is 2.44 bits per heavy atom. The van der Waals surface area contributed by atoms with Crippen molar-refractivity contribution in [1.82, 2.24) is 5.32 Å². The lowest BCUT2D eigenvalue weighted by molar-refractivity contribution is 0.0932. The van der Waals surface area contributed by atoms with Crippen molar-refractivity contribution in [3.63, 3.8) is 0 Å². The van der Waals surface area contributed by atoms with Crippen LogP contribution in [0.2, 0.25) is 0 Å². The summed E-state index contributed by atoms with van der Waals surface area (Å²) in [5, 5.41) is 2.98. The summed E-state index contributed by atoms with van der Waals surface area (Å²) in [6.45, 7) is 1.97. The molecule has 16 heavy (non-hydrogen) atoms. The van der Waals surface area contributed by atoms with Crippen molar-refractivity contribution in [3.05, 3.63) is 23.7 Å². The molecule has 0 radical (unpaired) electrons. The molecule has 1 amide bonds. The largest absolute Gasteiger partial charge is 0.469 e. The number of nitrogens with one attached hydrogen (secondary N) is 1. The van der Waals surface area contributed by atoms with E-state index in [-0.39, 0.29) is 18.0 Å². The number of nitrogens with two attached hydrogens (primary N) is 1. The maximum Gasteiger partial charge on any atom is 0.255 e. The summed E-state index contributed by atoms with van der Waals surface area (Å²) in [6.07, 6.45) is 5.36. The van der Waals surface area contributed by atoms with Crippen molar-refractivity contribution in [2.45, 2.75) is 44.7 Å². The number of furan rings is 1. The van der Waals surface area contributed by atoms with Gasteiger partial charge in [0.05, 0.1) is 11.8 Å². The Hall–Kier alpha value is -1.29. The zero-order chi connectivity index (χ0) is 11.5. The van der Waals surface area contributed by atoms with Crippen LogP contribution < -0.4 is 11.1 Å². The standard InChI is InChI=1S/C12H18N2O2/c1-2-11-8(6-7-16-11)12(15)14-10-5-3-4-9(10)13/h6-7,9-10H,2-5,13H2,1H3,(H,14,15). The van der Waals surface area contributed by atoms with Gasteiger partial charge in [-0.15, -0.1) is 0 Å². The third-order valence-corrected chi connectivity index (χ3v) is 3.20. The minimum absolute atomic E-state index is 0.0621. The van der Waals surface area contributed by atoms with E-state index in [1.165, 1.54) is 0 Å². The Morgan fingerprint density at radius 1 is 1.62 bits per heavy atom.